The lowest BCUT2D eigenvalue weighted by Crippen LogP contribution is -2.57. The normalized spacial score (nSPS) is 19.2. The molecule has 2 aliphatic heterocycles. The predicted octanol–water partition coefficient (Wildman–Crippen LogP) is 5.68. The molecule has 2 heterocycles. The third kappa shape index (κ3) is 6.86. The highest BCUT2D eigenvalue weighted by atomic mass is 79.9. The second kappa shape index (κ2) is 14.1. The number of methoxy groups -OCH3 is 3. The maximum Gasteiger partial charge on any atom is 0.254 e. The van der Waals surface area contributed by atoms with Crippen LogP contribution >= 0.6 is 15.9 Å². The first-order chi connectivity index (χ1) is 21.6. The number of piperidine rings is 1. The van der Waals surface area contributed by atoms with Gasteiger partial charge in [-0.2, -0.15) is 0 Å². The largest absolute Gasteiger partial charge is 0.493 e. The summed E-state index contributed by atoms with van der Waals surface area (Å²) in [4.78, 5) is 20.4. The van der Waals surface area contributed by atoms with Crippen molar-refractivity contribution in [2.75, 3.05) is 54.1 Å². The molecule has 3 aromatic carbocycles. The van der Waals surface area contributed by atoms with E-state index in [1.165, 1.54) is 33.5 Å². The fourth-order valence-electron chi connectivity index (χ4n) is 6.61. The van der Waals surface area contributed by atoms with E-state index >= 15 is 0 Å². The molecule has 2 fully saturated rings. The highest BCUT2D eigenvalue weighted by Crippen LogP contribution is 2.41. The number of amides is 1. The molecule has 0 aromatic heterocycles. The summed E-state index contributed by atoms with van der Waals surface area (Å²) in [5.41, 5.74) is 1.79. The Labute approximate surface area is 275 Å². The second-order valence-electron chi connectivity index (χ2n) is 11.7. The Balaban J connectivity index is 1.20. The minimum absolute atomic E-state index is 0.0747. The Kier molecular flexibility index (Phi) is 10.4. The van der Waals surface area contributed by atoms with Crippen LogP contribution in [0.4, 0.5) is 0 Å². The van der Waals surface area contributed by atoms with Crippen molar-refractivity contribution in [1.82, 2.24) is 14.7 Å². The van der Waals surface area contributed by atoms with Crippen LogP contribution in [0.2, 0.25) is 0 Å². The summed E-state index contributed by atoms with van der Waals surface area (Å²) < 4.78 is 44.0. The molecular weight excluding hydrogens is 658 g/mol. The van der Waals surface area contributed by atoms with Crippen molar-refractivity contribution >= 4 is 31.7 Å². The molecule has 5 rings (SSSR count). The quantitative estimate of drug-likeness (QED) is 0.282. The zero-order valence-corrected chi connectivity index (χ0v) is 28.9. The molecule has 0 spiro atoms. The van der Waals surface area contributed by atoms with Gasteiger partial charge in [0.25, 0.3) is 5.91 Å². The van der Waals surface area contributed by atoms with Crippen molar-refractivity contribution < 1.29 is 27.4 Å². The van der Waals surface area contributed by atoms with Gasteiger partial charge in [0.15, 0.2) is 11.5 Å². The molecule has 0 N–H and O–H groups in total. The number of carbonyl (C=O) groups is 1. The topological polar surface area (TPSA) is 88.6 Å². The van der Waals surface area contributed by atoms with E-state index in [0.717, 1.165) is 61.2 Å². The first kappa shape index (κ1) is 33.2. The Hall–Kier alpha value is -3.12. The summed E-state index contributed by atoms with van der Waals surface area (Å²) in [5.74, 6) is 1.01. The monoisotopic (exact) mass is 699 g/mol. The van der Waals surface area contributed by atoms with Crippen LogP contribution < -0.4 is 14.2 Å². The molecule has 2 saturated heterocycles. The molecule has 0 saturated carbocycles. The van der Waals surface area contributed by atoms with Crippen LogP contribution in [0.5, 0.6) is 17.2 Å². The number of nitrogens with zero attached hydrogens (tertiary/aromatic N) is 3. The van der Waals surface area contributed by atoms with Crippen LogP contribution in [-0.4, -0.2) is 95.2 Å². The zero-order chi connectivity index (χ0) is 32.3. The first-order valence-electron chi connectivity index (χ1n) is 15.3. The number of piperazine rings is 1. The molecule has 3 aromatic rings. The van der Waals surface area contributed by atoms with Crippen molar-refractivity contribution in [2.45, 2.75) is 54.6 Å². The van der Waals surface area contributed by atoms with Crippen LogP contribution in [0.15, 0.2) is 74.9 Å². The van der Waals surface area contributed by atoms with Gasteiger partial charge in [0, 0.05) is 67.5 Å². The minimum atomic E-state index is -3.82. The number of rotatable bonds is 9. The van der Waals surface area contributed by atoms with E-state index in [1.807, 2.05) is 41.3 Å². The van der Waals surface area contributed by atoms with E-state index in [4.69, 9.17) is 14.2 Å². The van der Waals surface area contributed by atoms with Gasteiger partial charge < -0.3 is 19.1 Å². The van der Waals surface area contributed by atoms with E-state index in [0.29, 0.717) is 17.8 Å². The van der Waals surface area contributed by atoms with Crippen molar-refractivity contribution in [3.8, 4) is 17.2 Å². The summed E-state index contributed by atoms with van der Waals surface area (Å²) in [6, 6.07) is 18.6. The van der Waals surface area contributed by atoms with Gasteiger partial charge in [0.1, 0.15) is 0 Å². The first-order valence-corrected chi connectivity index (χ1v) is 17.5. The third-order valence-corrected chi connectivity index (χ3v) is 11.6. The lowest BCUT2D eigenvalue weighted by atomic mass is 9.98. The molecular formula is C34H42BrN3O6S. The molecule has 11 heteroatoms. The van der Waals surface area contributed by atoms with Gasteiger partial charge in [-0.3, -0.25) is 14.6 Å². The number of likely N-dealkylation sites (tertiary alicyclic amines) is 1. The number of ether oxygens (including phenoxy) is 3. The highest BCUT2D eigenvalue weighted by molar-refractivity contribution is 9.10. The van der Waals surface area contributed by atoms with E-state index in [9.17, 15) is 13.2 Å². The molecule has 2 aliphatic rings. The van der Waals surface area contributed by atoms with Gasteiger partial charge in [0.05, 0.1) is 36.7 Å². The average molecular weight is 701 g/mol. The van der Waals surface area contributed by atoms with Crippen molar-refractivity contribution in [2.24, 2.45) is 0 Å². The summed E-state index contributed by atoms with van der Waals surface area (Å²) in [6.45, 7) is 8.82. The Morgan fingerprint density at radius 2 is 1.49 bits per heavy atom. The standard InChI is InChI=1S/C34H42BrN3O6S/c1-23-22-37(26-14-16-36(17-15-26)34(39)29-8-6-7-9-30(29)35)18-19-38(23)24(2)25-10-12-27(13-11-25)45(40,41)28-20-31(42-3)33(44-5)32(21-28)43-4/h6-13,20-21,23-24,26H,14-19,22H2,1-5H3/t23-,24+/m1/s1. The maximum absolute atomic E-state index is 13.5. The average Bonchev–Trinajstić information content (AvgIpc) is 3.07. The van der Waals surface area contributed by atoms with Crippen LogP contribution in [0, 0.1) is 0 Å². The molecule has 242 valence electrons. The van der Waals surface area contributed by atoms with Gasteiger partial charge in [0.2, 0.25) is 15.6 Å². The van der Waals surface area contributed by atoms with Crippen LogP contribution in [0.3, 0.4) is 0 Å². The number of hydrogen-bond donors (Lipinski definition) is 0. The van der Waals surface area contributed by atoms with Gasteiger partial charge in [-0.05, 0) is 72.4 Å². The van der Waals surface area contributed by atoms with Gasteiger partial charge >= 0.3 is 0 Å². The highest BCUT2D eigenvalue weighted by Gasteiger charge is 2.34. The van der Waals surface area contributed by atoms with E-state index in [2.05, 4.69) is 39.6 Å². The molecule has 0 aliphatic carbocycles. The maximum atomic E-state index is 13.5. The van der Waals surface area contributed by atoms with Gasteiger partial charge in [-0.15, -0.1) is 0 Å². The molecule has 45 heavy (non-hydrogen) atoms. The summed E-state index contributed by atoms with van der Waals surface area (Å²) in [5, 5.41) is 0. The van der Waals surface area contributed by atoms with Gasteiger partial charge in [-0.1, -0.05) is 24.3 Å². The summed E-state index contributed by atoms with van der Waals surface area (Å²) in [6.07, 6.45) is 1.95. The van der Waals surface area contributed by atoms with Crippen LogP contribution in [0.25, 0.3) is 0 Å². The Morgan fingerprint density at radius 1 is 0.867 bits per heavy atom. The number of sulfone groups is 1. The number of benzene rings is 3. The lowest BCUT2D eigenvalue weighted by Gasteiger charge is -2.47. The van der Waals surface area contributed by atoms with Gasteiger partial charge in [-0.25, -0.2) is 8.42 Å². The second-order valence-corrected chi connectivity index (χ2v) is 14.5. The molecule has 0 radical (unpaired) electrons. The summed E-state index contributed by atoms with van der Waals surface area (Å²) in [7, 11) is 0.584. The number of halogens is 1. The molecule has 9 nitrogen and oxygen atoms in total. The van der Waals surface area contributed by atoms with Crippen molar-refractivity contribution in [1.29, 1.82) is 0 Å². The molecule has 0 unspecified atom stereocenters. The fourth-order valence-corrected chi connectivity index (χ4v) is 8.36. The van der Waals surface area contributed by atoms with Crippen molar-refractivity contribution in [3.05, 3.63) is 76.3 Å². The van der Waals surface area contributed by atoms with Crippen LogP contribution in [0.1, 0.15) is 48.7 Å². The zero-order valence-electron chi connectivity index (χ0n) is 26.5. The molecule has 1 amide bonds. The molecule has 0 bridgehead atoms. The summed E-state index contributed by atoms with van der Waals surface area (Å²) >= 11 is 3.51. The Bertz CT molecular complexity index is 1580. The van der Waals surface area contributed by atoms with E-state index < -0.39 is 9.84 Å². The van der Waals surface area contributed by atoms with E-state index in [-0.39, 0.29) is 33.2 Å². The molecule has 2 atom stereocenters. The van der Waals surface area contributed by atoms with Crippen molar-refractivity contribution in [3.63, 3.8) is 0 Å². The van der Waals surface area contributed by atoms with E-state index in [1.54, 1.807) is 12.1 Å². The van der Waals surface area contributed by atoms with Crippen LogP contribution in [-0.2, 0) is 9.84 Å². The fraction of sp³-hybridized carbons (Fsp3) is 0.441. The minimum Gasteiger partial charge on any atom is -0.493 e. The number of hydrogen-bond acceptors (Lipinski definition) is 8. The Morgan fingerprint density at radius 3 is 2.04 bits per heavy atom. The third-order valence-electron chi connectivity index (χ3n) is 9.20. The SMILES string of the molecule is COc1cc(S(=O)(=O)c2ccc([C@H](C)N3CCN(C4CCN(C(=O)c5ccccc5Br)CC4)C[C@H]3C)cc2)cc(OC)c1OC. The number of carbonyl (C=O) groups excluding carboxylic acids is 1. The predicted molar refractivity (Wildman–Crippen MR) is 177 cm³/mol. The smallest absolute Gasteiger partial charge is 0.254 e. The lowest BCUT2D eigenvalue weighted by molar-refractivity contribution is 0.0135.